The number of amides is 2. The summed E-state index contributed by atoms with van der Waals surface area (Å²) in [6.07, 6.45) is 0. The van der Waals surface area contributed by atoms with Gasteiger partial charge in [0.25, 0.3) is 10.0 Å². The molecule has 116 valence electrons. The van der Waals surface area contributed by atoms with Crippen LogP contribution in [0.2, 0.25) is 0 Å². The van der Waals surface area contributed by atoms with Gasteiger partial charge in [0.1, 0.15) is 0 Å². The lowest BCUT2D eigenvalue weighted by atomic mass is 10.2. The van der Waals surface area contributed by atoms with Crippen LogP contribution in [0, 0.1) is 20.8 Å². The fourth-order valence-electron chi connectivity index (χ4n) is 1.96. The lowest BCUT2D eigenvalue weighted by Gasteiger charge is -2.10. The molecule has 0 bridgehead atoms. The van der Waals surface area contributed by atoms with Crippen LogP contribution >= 0.6 is 0 Å². The number of aryl methyl sites for hydroxylation is 3. The summed E-state index contributed by atoms with van der Waals surface area (Å²) in [6, 6.07) is 8.74. The first-order valence-corrected chi connectivity index (χ1v) is 8.10. The number of pyridine rings is 1. The number of rotatable bonds is 3. The van der Waals surface area contributed by atoms with Gasteiger partial charge in [-0.2, -0.15) is 0 Å². The number of sulfonamides is 1. The standard InChI is InChI=1S/C15H17N3O3S/c1-10-4-6-14(7-5-10)22(20,21)18-15(19)17-13-8-11(2)16-12(3)9-13/h4-9H,1-3H3,(H2,16,17,18,19). The predicted molar refractivity (Wildman–Crippen MR) is 84.2 cm³/mol. The third-order valence-electron chi connectivity index (χ3n) is 2.90. The second kappa shape index (κ2) is 6.15. The summed E-state index contributed by atoms with van der Waals surface area (Å²) in [7, 11) is -3.89. The topological polar surface area (TPSA) is 88.2 Å². The maximum Gasteiger partial charge on any atom is 0.333 e. The highest BCUT2D eigenvalue weighted by Gasteiger charge is 2.17. The summed E-state index contributed by atoms with van der Waals surface area (Å²) in [4.78, 5) is 16.1. The van der Waals surface area contributed by atoms with Crippen molar-refractivity contribution in [2.45, 2.75) is 25.7 Å². The molecule has 0 aliphatic carbocycles. The number of hydrogen-bond acceptors (Lipinski definition) is 4. The summed E-state index contributed by atoms with van der Waals surface area (Å²) >= 11 is 0. The number of anilines is 1. The maximum absolute atomic E-state index is 12.1. The normalized spacial score (nSPS) is 11.0. The first-order valence-electron chi connectivity index (χ1n) is 6.62. The largest absolute Gasteiger partial charge is 0.333 e. The lowest BCUT2D eigenvalue weighted by molar-refractivity contribution is 0.256. The first-order chi connectivity index (χ1) is 10.3. The second-order valence-corrected chi connectivity index (χ2v) is 6.69. The minimum Gasteiger partial charge on any atom is -0.307 e. The Labute approximate surface area is 129 Å². The van der Waals surface area contributed by atoms with E-state index in [9.17, 15) is 13.2 Å². The summed E-state index contributed by atoms with van der Waals surface area (Å²) in [5.74, 6) is 0. The summed E-state index contributed by atoms with van der Waals surface area (Å²) < 4.78 is 26.2. The number of hydrogen-bond donors (Lipinski definition) is 2. The van der Waals surface area contributed by atoms with E-state index in [-0.39, 0.29) is 4.90 Å². The van der Waals surface area contributed by atoms with Crippen molar-refractivity contribution in [1.82, 2.24) is 9.71 Å². The van der Waals surface area contributed by atoms with Crippen molar-refractivity contribution in [1.29, 1.82) is 0 Å². The molecule has 22 heavy (non-hydrogen) atoms. The Morgan fingerprint density at radius 1 is 1.00 bits per heavy atom. The van der Waals surface area contributed by atoms with E-state index in [1.54, 1.807) is 38.1 Å². The van der Waals surface area contributed by atoms with E-state index in [4.69, 9.17) is 0 Å². The SMILES string of the molecule is Cc1ccc(S(=O)(=O)NC(=O)Nc2cc(C)nc(C)c2)cc1. The van der Waals surface area contributed by atoms with Crippen LogP contribution in [0.15, 0.2) is 41.3 Å². The van der Waals surface area contributed by atoms with Crippen molar-refractivity contribution < 1.29 is 13.2 Å². The van der Waals surface area contributed by atoms with Gasteiger partial charge in [0.05, 0.1) is 4.90 Å². The Bertz CT molecular complexity index is 779. The second-order valence-electron chi connectivity index (χ2n) is 5.01. The fraction of sp³-hybridized carbons (Fsp3) is 0.200. The summed E-state index contributed by atoms with van der Waals surface area (Å²) in [6.45, 7) is 5.43. The van der Waals surface area contributed by atoms with Crippen molar-refractivity contribution >= 4 is 21.7 Å². The van der Waals surface area contributed by atoms with Gasteiger partial charge in [-0.1, -0.05) is 17.7 Å². The van der Waals surface area contributed by atoms with Crippen LogP contribution in [-0.4, -0.2) is 19.4 Å². The molecule has 0 radical (unpaired) electrons. The molecule has 2 amide bonds. The summed E-state index contributed by atoms with van der Waals surface area (Å²) in [5.41, 5.74) is 2.89. The van der Waals surface area contributed by atoms with E-state index in [2.05, 4.69) is 10.3 Å². The number of nitrogens with one attached hydrogen (secondary N) is 2. The van der Waals surface area contributed by atoms with Gasteiger partial charge in [-0.15, -0.1) is 0 Å². The molecule has 0 saturated carbocycles. The number of carbonyl (C=O) groups is 1. The van der Waals surface area contributed by atoms with Crippen molar-refractivity contribution in [2.75, 3.05) is 5.32 Å². The molecule has 1 aromatic heterocycles. The quantitative estimate of drug-likeness (QED) is 0.910. The van der Waals surface area contributed by atoms with Crippen LogP contribution in [0.3, 0.4) is 0 Å². The van der Waals surface area contributed by atoms with E-state index < -0.39 is 16.1 Å². The smallest absolute Gasteiger partial charge is 0.307 e. The highest BCUT2D eigenvalue weighted by atomic mass is 32.2. The third kappa shape index (κ3) is 4.05. The Kier molecular flexibility index (Phi) is 4.46. The molecular weight excluding hydrogens is 302 g/mol. The molecule has 0 saturated heterocycles. The van der Waals surface area contributed by atoms with Gasteiger partial charge >= 0.3 is 6.03 Å². The molecule has 7 heteroatoms. The zero-order chi connectivity index (χ0) is 16.3. The average Bonchev–Trinajstić information content (AvgIpc) is 2.36. The van der Waals surface area contributed by atoms with Gasteiger partial charge in [0, 0.05) is 17.1 Å². The monoisotopic (exact) mass is 319 g/mol. The van der Waals surface area contributed by atoms with Crippen LogP contribution < -0.4 is 10.0 Å². The zero-order valence-corrected chi connectivity index (χ0v) is 13.4. The van der Waals surface area contributed by atoms with Gasteiger partial charge in [0.2, 0.25) is 0 Å². The highest BCUT2D eigenvalue weighted by Crippen LogP contribution is 2.12. The zero-order valence-electron chi connectivity index (χ0n) is 12.5. The molecule has 2 aromatic rings. The first kappa shape index (κ1) is 16.0. The number of benzene rings is 1. The van der Waals surface area contributed by atoms with Gasteiger partial charge < -0.3 is 5.32 Å². The average molecular weight is 319 g/mol. The molecule has 6 nitrogen and oxygen atoms in total. The van der Waals surface area contributed by atoms with Gasteiger partial charge in [-0.3, -0.25) is 4.98 Å². The Morgan fingerprint density at radius 3 is 2.09 bits per heavy atom. The van der Waals surface area contributed by atoms with Crippen molar-refractivity contribution in [3.8, 4) is 0 Å². The predicted octanol–water partition coefficient (Wildman–Crippen LogP) is 2.52. The van der Waals surface area contributed by atoms with Gasteiger partial charge in [0.15, 0.2) is 0 Å². The minimum absolute atomic E-state index is 0.0374. The molecule has 0 spiro atoms. The van der Waals surface area contributed by atoms with Crippen molar-refractivity contribution in [2.24, 2.45) is 0 Å². The number of urea groups is 1. The summed E-state index contributed by atoms with van der Waals surface area (Å²) in [5, 5.41) is 2.49. The van der Waals surface area contributed by atoms with E-state index in [1.807, 2.05) is 11.6 Å². The Hall–Kier alpha value is -2.41. The molecule has 0 aliphatic rings. The van der Waals surface area contributed by atoms with Crippen LogP contribution in [0.1, 0.15) is 17.0 Å². The van der Waals surface area contributed by atoms with E-state index in [1.165, 1.54) is 12.1 Å². The third-order valence-corrected chi connectivity index (χ3v) is 4.24. The lowest BCUT2D eigenvalue weighted by Crippen LogP contribution is -2.34. The fourth-order valence-corrected chi connectivity index (χ4v) is 2.87. The van der Waals surface area contributed by atoms with E-state index >= 15 is 0 Å². The van der Waals surface area contributed by atoms with Crippen molar-refractivity contribution in [3.63, 3.8) is 0 Å². The van der Waals surface area contributed by atoms with Gasteiger partial charge in [-0.05, 0) is 45.0 Å². The molecule has 0 unspecified atom stereocenters. The van der Waals surface area contributed by atoms with Gasteiger partial charge in [-0.25, -0.2) is 17.9 Å². The molecule has 2 N–H and O–H groups in total. The van der Waals surface area contributed by atoms with E-state index in [0.717, 1.165) is 17.0 Å². The highest BCUT2D eigenvalue weighted by molar-refractivity contribution is 7.90. The number of nitrogens with zero attached hydrogens (tertiary/aromatic N) is 1. The van der Waals surface area contributed by atoms with Crippen LogP contribution in [0.25, 0.3) is 0 Å². The number of carbonyl (C=O) groups excluding carboxylic acids is 1. The molecule has 0 aliphatic heterocycles. The molecule has 1 aromatic carbocycles. The molecular formula is C15H17N3O3S. The minimum atomic E-state index is -3.89. The van der Waals surface area contributed by atoms with Crippen LogP contribution in [0.4, 0.5) is 10.5 Å². The maximum atomic E-state index is 12.1. The molecule has 0 atom stereocenters. The molecule has 1 heterocycles. The van der Waals surface area contributed by atoms with Crippen molar-refractivity contribution in [3.05, 3.63) is 53.3 Å². The number of aromatic nitrogens is 1. The van der Waals surface area contributed by atoms with E-state index in [0.29, 0.717) is 5.69 Å². The van der Waals surface area contributed by atoms with Crippen LogP contribution in [-0.2, 0) is 10.0 Å². The van der Waals surface area contributed by atoms with Crippen LogP contribution in [0.5, 0.6) is 0 Å². The molecule has 0 fully saturated rings. The Morgan fingerprint density at radius 2 is 1.55 bits per heavy atom. The molecule has 2 rings (SSSR count). The Balaban J connectivity index is 2.12.